The molecule has 2 aliphatic rings. The van der Waals surface area contributed by atoms with Crippen molar-refractivity contribution in [1.82, 2.24) is 5.32 Å². The Bertz CT molecular complexity index is 374. The summed E-state index contributed by atoms with van der Waals surface area (Å²) in [7, 11) is 0. The molecule has 0 bridgehead atoms. The lowest BCUT2D eigenvalue weighted by atomic mass is 9.79. The Kier molecular flexibility index (Phi) is 3.43. The summed E-state index contributed by atoms with van der Waals surface area (Å²) < 4.78 is 0. The summed E-state index contributed by atoms with van der Waals surface area (Å²) in [5.74, 6) is 0.910. The highest BCUT2D eigenvalue weighted by atomic mass is 15.0. The Balaban J connectivity index is 1.85. The molecule has 0 heterocycles. The molecule has 2 fully saturated rings. The third kappa shape index (κ3) is 2.09. The highest BCUT2D eigenvalue weighted by Crippen LogP contribution is 2.54. The van der Waals surface area contributed by atoms with Gasteiger partial charge in [0.15, 0.2) is 0 Å². The van der Waals surface area contributed by atoms with Gasteiger partial charge in [-0.15, -0.1) is 0 Å². The van der Waals surface area contributed by atoms with Gasteiger partial charge in [-0.25, -0.2) is 0 Å². The van der Waals surface area contributed by atoms with Crippen molar-refractivity contribution in [2.45, 2.75) is 56.9 Å². The van der Waals surface area contributed by atoms with E-state index >= 15 is 0 Å². The van der Waals surface area contributed by atoms with E-state index in [1.54, 1.807) is 5.56 Å². The molecule has 1 unspecified atom stereocenters. The average Bonchev–Trinajstić information content (AvgIpc) is 3.04. The van der Waals surface area contributed by atoms with Crippen molar-refractivity contribution in [2.24, 2.45) is 5.92 Å². The van der Waals surface area contributed by atoms with Crippen LogP contribution < -0.4 is 5.32 Å². The minimum Gasteiger partial charge on any atom is -0.313 e. The first-order chi connectivity index (χ1) is 8.87. The molecule has 0 amide bonds. The van der Waals surface area contributed by atoms with E-state index < -0.39 is 0 Å². The van der Waals surface area contributed by atoms with Crippen molar-refractivity contribution in [1.29, 1.82) is 0 Å². The minimum absolute atomic E-state index is 0.465. The molecule has 0 radical (unpaired) electrons. The summed E-state index contributed by atoms with van der Waals surface area (Å²) in [5, 5.41) is 3.83. The second-order valence-corrected chi connectivity index (χ2v) is 6.10. The Morgan fingerprint density at radius 3 is 2.39 bits per heavy atom. The molecule has 1 aromatic rings. The van der Waals surface area contributed by atoms with Crippen LogP contribution in [0.25, 0.3) is 0 Å². The zero-order valence-electron chi connectivity index (χ0n) is 11.5. The number of hydrogen-bond donors (Lipinski definition) is 1. The summed E-state index contributed by atoms with van der Waals surface area (Å²) in [5.41, 5.74) is 2.04. The summed E-state index contributed by atoms with van der Waals surface area (Å²) in [6.45, 7) is 3.36. The third-order valence-corrected chi connectivity index (χ3v) is 5.03. The average molecular weight is 243 g/mol. The van der Waals surface area contributed by atoms with Gasteiger partial charge in [-0.2, -0.15) is 0 Å². The topological polar surface area (TPSA) is 12.0 Å². The van der Waals surface area contributed by atoms with Crippen molar-refractivity contribution in [2.75, 3.05) is 6.54 Å². The fourth-order valence-electron chi connectivity index (χ4n) is 4.01. The Morgan fingerprint density at radius 2 is 1.83 bits per heavy atom. The number of nitrogens with one attached hydrogen (secondary N) is 1. The zero-order chi connectivity index (χ0) is 12.4. The molecule has 0 saturated heterocycles. The van der Waals surface area contributed by atoms with Crippen LogP contribution in [0.2, 0.25) is 0 Å². The van der Waals surface area contributed by atoms with Gasteiger partial charge in [0.1, 0.15) is 0 Å². The van der Waals surface area contributed by atoms with Gasteiger partial charge in [0.25, 0.3) is 0 Å². The molecule has 98 valence electrons. The van der Waals surface area contributed by atoms with Crippen LogP contribution in [0.15, 0.2) is 30.3 Å². The molecule has 2 aliphatic carbocycles. The van der Waals surface area contributed by atoms with Crippen molar-refractivity contribution in [3.05, 3.63) is 35.9 Å². The highest BCUT2D eigenvalue weighted by molar-refractivity contribution is 5.34. The summed E-state index contributed by atoms with van der Waals surface area (Å²) in [6.07, 6.45) is 8.52. The smallest absolute Gasteiger partial charge is 0.0192 e. The van der Waals surface area contributed by atoms with Crippen LogP contribution in [0.4, 0.5) is 0 Å². The fourth-order valence-corrected chi connectivity index (χ4v) is 4.01. The lowest BCUT2D eigenvalue weighted by Gasteiger charge is -2.33. The first-order valence-electron chi connectivity index (χ1n) is 7.66. The maximum atomic E-state index is 3.83. The van der Waals surface area contributed by atoms with Crippen molar-refractivity contribution >= 4 is 0 Å². The second-order valence-electron chi connectivity index (χ2n) is 6.10. The molecule has 1 atom stereocenters. The Hall–Kier alpha value is -0.820. The monoisotopic (exact) mass is 243 g/mol. The van der Waals surface area contributed by atoms with Gasteiger partial charge in [-0.1, -0.05) is 50.1 Å². The molecule has 1 nitrogen and oxygen atoms in total. The standard InChI is InChI=1S/C17H25N/c1-2-18-16(14-8-6-7-9-14)17(12-13-17)15-10-4-3-5-11-15/h3-5,10-11,14,16,18H,2,6-9,12-13H2,1H3. The number of likely N-dealkylation sites (N-methyl/N-ethyl adjacent to an activating group) is 1. The lowest BCUT2D eigenvalue weighted by Crippen LogP contribution is -2.44. The minimum atomic E-state index is 0.465. The molecule has 0 aliphatic heterocycles. The van der Waals surface area contributed by atoms with Crippen LogP contribution in [0, 0.1) is 5.92 Å². The first kappa shape index (κ1) is 12.2. The van der Waals surface area contributed by atoms with Gasteiger partial charge in [0.05, 0.1) is 0 Å². The van der Waals surface area contributed by atoms with Gasteiger partial charge in [-0.3, -0.25) is 0 Å². The summed E-state index contributed by atoms with van der Waals surface area (Å²) >= 11 is 0. The van der Waals surface area contributed by atoms with E-state index in [9.17, 15) is 0 Å². The molecular formula is C17H25N. The van der Waals surface area contributed by atoms with Crippen LogP contribution in [-0.4, -0.2) is 12.6 Å². The second kappa shape index (κ2) is 5.05. The molecular weight excluding hydrogens is 218 g/mol. The Morgan fingerprint density at radius 1 is 1.17 bits per heavy atom. The predicted molar refractivity (Wildman–Crippen MR) is 76.8 cm³/mol. The van der Waals surface area contributed by atoms with Crippen LogP contribution in [-0.2, 0) is 5.41 Å². The van der Waals surface area contributed by atoms with Gasteiger partial charge >= 0.3 is 0 Å². The van der Waals surface area contributed by atoms with E-state index in [1.807, 2.05) is 0 Å². The number of benzene rings is 1. The van der Waals surface area contributed by atoms with Gasteiger partial charge in [0.2, 0.25) is 0 Å². The maximum absolute atomic E-state index is 3.83. The van der Waals surface area contributed by atoms with E-state index in [-0.39, 0.29) is 0 Å². The predicted octanol–water partition coefficient (Wildman–Crippen LogP) is 3.89. The van der Waals surface area contributed by atoms with Crippen LogP contribution in [0.1, 0.15) is 51.0 Å². The normalized spacial score (nSPS) is 24.1. The quantitative estimate of drug-likeness (QED) is 0.827. The molecule has 0 aromatic heterocycles. The maximum Gasteiger partial charge on any atom is 0.0192 e. The first-order valence-corrected chi connectivity index (χ1v) is 7.66. The molecule has 18 heavy (non-hydrogen) atoms. The van der Waals surface area contributed by atoms with Crippen molar-refractivity contribution in [3.8, 4) is 0 Å². The molecule has 0 spiro atoms. The van der Waals surface area contributed by atoms with Gasteiger partial charge in [-0.05, 0) is 43.7 Å². The van der Waals surface area contributed by atoms with E-state index in [4.69, 9.17) is 0 Å². The molecule has 3 rings (SSSR count). The zero-order valence-corrected chi connectivity index (χ0v) is 11.5. The highest BCUT2D eigenvalue weighted by Gasteiger charge is 2.52. The SMILES string of the molecule is CCNC(C1CCCC1)C1(c2ccccc2)CC1. The van der Waals surface area contributed by atoms with Crippen molar-refractivity contribution < 1.29 is 0 Å². The fraction of sp³-hybridized carbons (Fsp3) is 0.647. The molecule has 1 N–H and O–H groups in total. The summed E-state index contributed by atoms with van der Waals surface area (Å²) in [6, 6.07) is 11.9. The van der Waals surface area contributed by atoms with E-state index in [0.29, 0.717) is 11.5 Å². The van der Waals surface area contributed by atoms with Crippen LogP contribution in [0.3, 0.4) is 0 Å². The number of hydrogen-bond acceptors (Lipinski definition) is 1. The number of rotatable bonds is 5. The van der Waals surface area contributed by atoms with Gasteiger partial charge < -0.3 is 5.32 Å². The molecule has 1 heteroatoms. The van der Waals surface area contributed by atoms with E-state index in [1.165, 1.54) is 38.5 Å². The van der Waals surface area contributed by atoms with Crippen LogP contribution >= 0.6 is 0 Å². The van der Waals surface area contributed by atoms with E-state index in [0.717, 1.165) is 12.5 Å². The van der Waals surface area contributed by atoms with E-state index in [2.05, 4.69) is 42.6 Å². The lowest BCUT2D eigenvalue weighted by molar-refractivity contribution is 0.300. The van der Waals surface area contributed by atoms with Gasteiger partial charge in [0, 0.05) is 11.5 Å². The molecule has 1 aromatic carbocycles. The largest absolute Gasteiger partial charge is 0.313 e. The van der Waals surface area contributed by atoms with Crippen LogP contribution in [0.5, 0.6) is 0 Å². The third-order valence-electron chi connectivity index (χ3n) is 5.03. The molecule has 2 saturated carbocycles. The van der Waals surface area contributed by atoms with Crippen molar-refractivity contribution in [3.63, 3.8) is 0 Å². The summed E-state index contributed by atoms with van der Waals surface area (Å²) in [4.78, 5) is 0. The Labute approximate surface area is 111 Å².